The van der Waals surface area contributed by atoms with Crippen LogP contribution in [0.25, 0.3) is 0 Å². The highest BCUT2D eigenvalue weighted by atomic mass is 28.4. The van der Waals surface area contributed by atoms with Crippen LogP contribution in [0.15, 0.2) is 0 Å². The third kappa shape index (κ3) is 5.09. The van der Waals surface area contributed by atoms with Crippen LogP contribution in [0.4, 0.5) is 4.79 Å². The first-order valence-corrected chi connectivity index (χ1v) is 10.8. The van der Waals surface area contributed by atoms with Gasteiger partial charge in [0.15, 0.2) is 14.1 Å². The van der Waals surface area contributed by atoms with E-state index in [1.54, 1.807) is 4.90 Å². The Morgan fingerprint density at radius 3 is 2.18 bits per heavy atom. The van der Waals surface area contributed by atoms with Gasteiger partial charge >= 0.3 is 6.09 Å². The summed E-state index contributed by atoms with van der Waals surface area (Å²) in [4.78, 5) is 25.9. The fourth-order valence-corrected chi connectivity index (χ4v) is 3.20. The second kappa shape index (κ2) is 6.32. The van der Waals surface area contributed by atoms with E-state index in [1.165, 1.54) is 0 Å². The van der Waals surface area contributed by atoms with E-state index in [4.69, 9.17) is 9.16 Å². The van der Waals surface area contributed by atoms with Crippen LogP contribution in [0.1, 0.15) is 48.0 Å². The Labute approximate surface area is 135 Å². The molecule has 1 aliphatic rings. The zero-order chi connectivity index (χ0) is 17.3. The molecule has 0 aromatic heterocycles. The maximum absolute atomic E-state index is 12.2. The highest BCUT2D eigenvalue weighted by Gasteiger charge is 2.42. The number of ether oxygens (including phenoxy) is 1. The van der Waals surface area contributed by atoms with Gasteiger partial charge in [-0.3, -0.25) is 4.79 Å². The first-order chi connectivity index (χ1) is 9.73. The molecule has 1 saturated heterocycles. The van der Waals surface area contributed by atoms with Gasteiger partial charge in [-0.05, 0) is 38.9 Å². The molecule has 1 unspecified atom stereocenters. The van der Waals surface area contributed by atoms with E-state index in [1.807, 2.05) is 20.8 Å². The Morgan fingerprint density at radius 1 is 1.18 bits per heavy atom. The van der Waals surface area contributed by atoms with Gasteiger partial charge in [-0.25, -0.2) is 4.79 Å². The van der Waals surface area contributed by atoms with Crippen LogP contribution in [0, 0.1) is 0 Å². The minimum Gasteiger partial charge on any atom is -0.444 e. The van der Waals surface area contributed by atoms with E-state index in [0.29, 0.717) is 19.5 Å². The van der Waals surface area contributed by atoms with Crippen LogP contribution in [-0.4, -0.2) is 49.9 Å². The van der Waals surface area contributed by atoms with Crippen molar-refractivity contribution in [1.82, 2.24) is 4.90 Å². The number of likely N-dealkylation sites (tertiary alicyclic amines) is 1. The number of ketones is 1. The van der Waals surface area contributed by atoms with Gasteiger partial charge < -0.3 is 14.1 Å². The molecule has 0 aromatic rings. The first-order valence-electron chi connectivity index (χ1n) is 7.91. The summed E-state index contributed by atoms with van der Waals surface area (Å²) >= 11 is 0. The molecule has 0 aromatic carbocycles. The third-order valence-electron chi connectivity index (χ3n) is 4.27. The zero-order valence-corrected chi connectivity index (χ0v) is 16.3. The van der Waals surface area contributed by atoms with Gasteiger partial charge in [0, 0.05) is 13.0 Å². The summed E-state index contributed by atoms with van der Waals surface area (Å²) in [5.74, 6) is 0.0876. The van der Waals surface area contributed by atoms with Crippen LogP contribution >= 0.6 is 0 Å². The van der Waals surface area contributed by atoms with Gasteiger partial charge in [0.1, 0.15) is 11.7 Å². The molecular weight excluding hydrogens is 298 g/mol. The normalized spacial score (nSPS) is 21.0. The number of hydrogen-bond acceptors (Lipinski definition) is 4. The van der Waals surface area contributed by atoms with Crippen LogP contribution in [-0.2, 0) is 14.0 Å². The third-order valence-corrected chi connectivity index (χ3v) is 8.75. The fraction of sp³-hybridized carbons (Fsp3) is 0.875. The first kappa shape index (κ1) is 19.2. The number of nitrogens with zero attached hydrogens (tertiary/aromatic N) is 1. The van der Waals surface area contributed by atoms with Crippen molar-refractivity contribution in [1.29, 1.82) is 0 Å². The second-order valence-corrected chi connectivity index (χ2v) is 13.3. The van der Waals surface area contributed by atoms with E-state index in [-0.39, 0.29) is 16.9 Å². The molecule has 1 amide bonds. The highest BCUT2D eigenvalue weighted by Crippen LogP contribution is 2.37. The average molecular weight is 330 g/mol. The smallest absolute Gasteiger partial charge is 0.410 e. The predicted molar refractivity (Wildman–Crippen MR) is 89.5 cm³/mol. The number of carbonyl (C=O) groups excluding carboxylic acids is 2. The standard InChI is InChI=1S/C16H31NO4Si/c1-15(2,3)20-14(19)17-10-9-12(18)13(11-17)21-22(7,8)16(4,5)6/h13H,9-11H2,1-8H3. The summed E-state index contributed by atoms with van der Waals surface area (Å²) in [5, 5.41) is 0.0292. The maximum Gasteiger partial charge on any atom is 0.410 e. The molecule has 0 bridgehead atoms. The Kier molecular flexibility index (Phi) is 5.50. The lowest BCUT2D eigenvalue weighted by Gasteiger charge is -2.41. The molecule has 0 saturated carbocycles. The van der Waals surface area contributed by atoms with Gasteiger partial charge in [0.25, 0.3) is 0 Å². The van der Waals surface area contributed by atoms with Gasteiger partial charge in [-0.2, -0.15) is 0 Å². The van der Waals surface area contributed by atoms with Crippen molar-refractivity contribution >= 4 is 20.2 Å². The molecule has 0 spiro atoms. The number of carbonyl (C=O) groups is 2. The molecule has 6 heteroatoms. The van der Waals surface area contributed by atoms with Crippen molar-refractivity contribution < 1.29 is 18.8 Å². The molecule has 0 aliphatic carbocycles. The van der Waals surface area contributed by atoms with Gasteiger partial charge in [-0.1, -0.05) is 20.8 Å². The monoisotopic (exact) mass is 329 g/mol. The summed E-state index contributed by atoms with van der Waals surface area (Å²) in [5.41, 5.74) is -0.533. The molecule has 1 atom stereocenters. The Bertz CT molecular complexity index is 434. The van der Waals surface area contributed by atoms with Crippen LogP contribution < -0.4 is 0 Å². The fourth-order valence-electron chi connectivity index (χ4n) is 1.93. The SMILES string of the molecule is CC(C)(C)OC(=O)N1CCC(=O)C(O[Si](C)(C)C(C)(C)C)C1. The van der Waals surface area contributed by atoms with E-state index in [9.17, 15) is 9.59 Å². The molecule has 128 valence electrons. The van der Waals surface area contributed by atoms with E-state index in [2.05, 4.69) is 33.9 Å². The molecule has 1 rings (SSSR count). The molecule has 1 aliphatic heterocycles. The molecule has 0 N–H and O–H groups in total. The number of amides is 1. The van der Waals surface area contributed by atoms with Gasteiger partial charge in [0.2, 0.25) is 0 Å². The van der Waals surface area contributed by atoms with Crippen molar-refractivity contribution in [2.24, 2.45) is 0 Å². The van der Waals surface area contributed by atoms with Crippen LogP contribution in [0.2, 0.25) is 18.1 Å². The highest BCUT2D eigenvalue weighted by molar-refractivity contribution is 6.74. The molecule has 5 nitrogen and oxygen atoms in total. The summed E-state index contributed by atoms with van der Waals surface area (Å²) in [6, 6.07) is 0. The number of rotatable bonds is 2. The van der Waals surface area contributed by atoms with Crippen LogP contribution in [0.5, 0.6) is 0 Å². The lowest BCUT2D eigenvalue weighted by Crippen LogP contribution is -2.54. The Morgan fingerprint density at radius 2 is 1.73 bits per heavy atom. The number of piperidine rings is 1. The molecular formula is C16H31NO4Si. The van der Waals surface area contributed by atoms with Gasteiger partial charge in [0.05, 0.1) is 6.54 Å². The minimum absolute atomic E-state index is 0.0292. The summed E-state index contributed by atoms with van der Waals surface area (Å²) in [7, 11) is -2.04. The summed E-state index contributed by atoms with van der Waals surface area (Å²) < 4.78 is 11.6. The maximum atomic E-state index is 12.2. The molecule has 1 fully saturated rings. The lowest BCUT2D eigenvalue weighted by atomic mass is 10.1. The summed E-state index contributed by atoms with van der Waals surface area (Å²) in [6.07, 6.45) is -0.565. The Hall–Kier alpha value is -0.883. The largest absolute Gasteiger partial charge is 0.444 e. The molecule has 1 heterocycles. The topological polar surface area (TPSA) is 55.8 Å². The quantitative estimate of drug-likeness (QED) is 0.727. The van der Waals surface area contributed by atoms with Crippen molar-refractivity contribution in [3.8, 4) is 0 Å². The predicted octanol–water partition coefficient (Wildman–Crippen LogP) is 3.59. The van der Waals surface area contributed by atoms with Crippen LogP contribution in [0.3, 0.4) is 0 Å². The van der Waals surface area contributed by atoms with E-state index in [0.717, 1.165) is 0 Å². The molecule has 22 heavy (non-hydrogen) atoms. The van der Waals surface area contributed by atoms with Crippen molar-refractivity contribution in [2.75, 3.05) is 13.1 Å². The number of Topliss-reactive ketones (excluding diaryl/α,β-unsaturated/α-hetero) is 1. The number of hydrogen-bond donors (Lipinski definition) is 0. The molecule has 0 radical (unpaired) electrons. The van der Waals surface area contributed by atoms with E-state index < -0.39 is 20.0 Å². The van der Waals surface area contributed by atoms with Crippen molar-refractivity contribution in [3.05, 3.63) is 0 Å². The Balaban J connectivity index is 2.76. The zero-order valence-electron chi connectivity index (χ0n) is 15.3. The minimum atomic E-state index is -2.04. The van der Waals surface area contributed by atoms with Gasteiger partial charge in [-0.15, -0.1) is 0 Å². The average Bonchev–Trinajstić information content (AvgIpc) is 2.27. The lowest BCUT2D eigenvalue weighted by molar-refractivity contribution is -0.130. The van der Waals surface area contributed by atoms with Crippen molar-refractivity contribution in [2.45, 2.75) is 77.8 Å². The van der Waals surface area contributed by atoms with Crippen molar-refractivity contribution in [3.63, 3.8) is 0 Å². The van der Waals surface area contributed by atoms with E-state index >= 15 is 0 Å². The summed E-state index contributed by atoms with van der Waals surface area (Å²) in [6.45, 7) is 16.9. The second-order valence-electron chi connectivity index (χ2n) is 8.51.